The van der Waals surface area contributed by atoms with Crippen molar-refractivity contribution in [1.29, 1.82) is 0 Å². The summed E-state index contributed by atoms with van der Waals surface area (Å²) in [6, 6.07) is 43.5. The number of anilines is 3. The third kappa shape index (κ3) is 3.96. The number of hydrogen-bond acceptors (Lipinski definition) is 5. The monoisotopic (exact) mass is 495 g/mol. The van der Waals surface area contributed by atoms with E-state index in [2.05, 4.69) is 100 Å². The van der Waals surface area contributed by atoms with E-state index in [1.54, 1.807) is 0 Å². The van der Waals surface area contributed by atoms with Crippen molar-refractivity contribution >= 4 is 50.5 Å². The summed E-state index contributed by atoms with van der Waals surface area (Å²) in [5, 5.41) is 3.10. The highest BCUT2D eigenvalue weighted by molar-refractivity contribution is 7.09. The van der Waals surface area contributed by atoms with Crippen molar-refractivity contribution in [3.63, 3.8) is 0 Å². The van der Waals surface area contributed by atoms with Crippen molar-refractivity contribution in [3.05, 3.63) is 127 Å². The van der Waals surface area contributed by atoms with Gasteiger partial charge in [0.1, 0.15) is 16.2 Å². The van der Waals surface area contributed by atoms with E-state index >= 15 is 0 Å². The summed E-state index contributed by atoms with van der Waals surface area (Å²) >= 11 is 1.42. The van der Waals surface area contributed by atoms with Gasteiger partial charge in [-0.3, -0.25) is 0 Å². The van der Waals surface area contributed by atoms with Gasteiger partial charge in [0.2, 0.25) is 0 Å². The highest BCUT2D eigenvalue weighted by Crippen LogP contribution is 2.36. The summed E-state index contributed by atoms with van der Waals surface area (Å²) in [7, 11) is 0. The average Bonchev–Trinajstić information content (AvgIpc) is 3.60. The maximum absolute atomic E-state index is 5.98. The fraction of sp³-hybridized carbons (Fsp3) is 0. The largest absolute Gasteiger partial charge is 0.456 e. The molecule has 5 heteroatoms. The van der Waals surface area contributed by atoms with Gasteiger partial charge in [-0.2, -0.15) is 4.37 Å². The Labute approximate surface area is 218 Å². The molecular weight excluding hydrogens is 474 g/mol. The third-order valence-electron chi connectivity index (χ3n) is 6.46. The maximum Gasteiger partial charge on any atom is 0.173 e. The van der Waals surface area contributed by atoms with Crippen LogP contribution in [0.25, 0.3) is 43.9 Å². The smallest absolute Gasteiger partial charge is 0.173 e. The van der Waals surface area contributed by atoms with E-state index in [0.717, 1.165) is 61.0 Å². The van der Waals surface area contributed by atoms with Crippen molar-refractivity contribution < 1.29 is 4.42 Å². The lowest BCUT2D eigenvalue weighted by atomic mass is 10.1. The Morgan fingerprint density at radius 3 is 1.86 bits per heavy atom. The van der Waals surface area contributed by atoms with Crippen LogP contribution in [0, 0.1) is 0 Å². The van der Waals surface area contributed by atoms with Gasteiger partial charge in [0.25, 0.3) is 0 Å². The lowest BCUT2D eigenvalue weighted by molar-refractivity contribution is 0.669. The molecule has 2 aromatic heterocycles. The van der Waals surface area contributed by atoms with Crippen molar-refractivity contribution in [2.24, 2.45) is 0 Å². The average molecular weight is 496 g/mol. The first-order valence-electron chi connectivity index (χ1n) is 12.1. The second-order valence-electron chi connectivity index (χ2n) is 8.79. The highest BCUT2D eigenvalue weighted by Gasteiger charge is 2.15. The summed E-state index contributed by atoms with van der Waals surface area (Å²) in [5.74, 6) is 0.731. The molecule has 0 bridgehead atoms. The number of para-hydroxylation sites is 3. The van der Waals surface area contributed by atoms with Gasteiger partial charge in [-0.05, 0) is 84.3 Å². The second-order valence-corrected chi connectivity index (χ2v) is 9.54. The Bertz CT molecular complexity index is 1780. The third-order valence-corrected chi connectivity index (χ3v) is 7.23. The van der Waals surface area contributed by atoms with Gasteiger partial charge < -0.3 is 9.32 Å². The molecule has 0 unspecified atom stereocenters. The molecule has 5 aromatic carbocycles. The van der Waals surface area contributed by atoms with Crippen LogP contribution in [0.3, 0.4) is 0 Å². The summed E-state index contributed by atoms with van der Waals surface area (Å²) in [6.07, 6.45) is 0. The molecule has 0 aliphatic rings. The van der Waals surface area contributed by atoms with Crippen LogP contribution in [0.5, 0.6) is 0 Å². The molecule has 0 N–H and O–H groups in total. The molecule has 0 fully saturated rings. The van der Waals surface area contributed by atoms with E-state index in [1.165, 1.54) is 11.5 Å². The molecule has 0 saturated heterocycles. The van der Waals surface area contributed by atoms with Crippen molar-refractivity contribution in [1.82, 2.24) is 9.36 Å². The molecule has 7 rings (SSSR count). The molecule has 7 aromatic rings. The summed E-state index contributed by atoms with van der Waals surface area (Å²) < 4.78 is 10.7. The Hall–Kier alpha value is -4.74. The van der Waals surface area contributed by atoms with E-state index in [4.69, 9.17) is 9.40 Å². The van der Waals surface area contributed by atoms with Crippen LogP contribution in [0.2, 0.25) is 0 Å². The molecule has 2 heterocycles. The zero-order valence-corrected chi connectivity index (χ0v) is 20.6. The molecule has 0 aliphatic heterocycles. The van der Waals surface area contributed by atoms with Gasteiger partial charge in [0.15, 0.2) is 5.82 Å². The first-order valence-corrected chi connectivity index (χ1v) is 12.9. The topological polar surface area (TPSA) is 42.2 Å². The quantitative estimate of drug-likeness (QED) is 0.239. The lowest BCUT2D eigenvalue weighted by Crippen LogP contribution is -2.09. The standard InChI is InChI=1S/C32H21N3OS/c1-3-9-24(10-4-1)35(25-11-5-2-6-12-25)26-18-15-22(16-19-26)31-33-32(37-34-31)23-17-20-30-28(21-23)27-13-7-8-14-29(27)36-30/h1-21H. The van der Waals surface area contributed by atoms with Crippen LogP contribution in [-0.4, -0.2) is 9.36 Å². The molecule has 0 amide bonds. The number of aromatic nitrogens is 2. The number of benzene rings is 5. The Balaban J connectivity index is 1.22. The van der Waals surface area contributed by atoms with E-state index in [0.29, 0.717) is 0 Å². The molecule has 0 aliphatic carbocycles. The summed E-state index contributed by atoms with van der Waals surface area (Å²) in [4.78, 5) is 7.12. The van der Waals surface area contributed by atoms with Crippen LogP contribution < -0.4 is 4.90 Å². The maximum atomic E-state index is 5.98. The van der Waals surface area contributed by atoms with E-state index in [-0.39, 0.29) is 0 Å². The molecular formula is C32H21N3OS. The fourth-order valence-electron chi connectivity index (χ4n) is 4.68. The number of nitrogens with zero attached hydrogens (tertiary/aromatic N) is 3. The Morgan fingerprint density at radius 2 is 1.14 bits per heavy atom. The zero-order chi connectivity index (χ0) is 24.6. The number of fused-ring (bicyclic) bond motifs is 3. The Morgan fingerprint density at radius 1 is 0.541 bits per heavy atom. The van der Waals surface area contributed by atoms with Gasteiger partial charge in [-0.15, -0.1) is 0 Å². The number of furan rings is 1. The number of rotatable bonds is 5. The molecule has 176 valence electrons. The van der Waals surface area contributed by atoms with Gasteiger partial charge in [-0.25, -0.2) is 4.98 Å². The van der Waals surface area contributed by atoms with Crippen LogP contribution in [0.15, 0.2) is 132 Å². The normalized spacial score (nSPS) is 11.2. The van der Waals surface area contributed by atoms with Crippen LogP contribution >= 0.6 is 11.5 Å². The molecule has 0 radical (unpaired) electrons. The van der Waals surface area contributed by atoms with Gasteiger partial charge >= 0.3 is 0 Å². The van der Waals surface area contributed by atoms with E-state index < -0.39 is 0 Å². The predicted octanol–water partition coefficient (Wildman–Crippen LogP) is 9.24. The van der Waals surface area contributed by atoms with Crippen molar-refractivity contribution in [2.75, 3.05) is 4.90 Å². The summed E-state index contributed by atoms with van der Waals surface area (Å²) in [6.45, 7) is 0. The van der Waals surface area contributed by atoms with Crippen LogP contribution in [-0.2, 0) is 0 Å². The highest BCUT2D eigenvalue weighted by atomic mass is 32.1. The molecule has 0 saturated carbocycles. The van der Waals surface area contributed by atoms with Gasteiger partial charge in [0, 0.05) is 39.0 Å². The van der Waals surface area contributed by atoms with Crippen molar-refractivity contribution in [2.45, 2.75) is 0 Å². The molecule has 4 nitrogen and oxygen atoms in total. The summed E-state index contributed by atoms with van der Waals surface area (Å²) in [5.41, 5.74) is 7.10. The van der Waals surface area contributed by atoms with Gasteiger partial charge in [0.05, 0.1) is 0 Å². The zero-order valence-electron chi connectivity index (χ0n) is 19.8. The number of hydrogen-bond donors (Lipinski definition) is 0. The Kier molecular flexibility index (Phi) is 5.26. The molecule has 37 heavy (non-hydrogen) atoms. The minimum Gasteiger partial charge on any atom is -0.456 e. The molecule has 0 atom stereocenters. The first-order chi connectivity index (χ1) is 18.3. The fourth-order valence-corrected chi connectivity index (χ4v) is 5.36. The molecule has 0 spiro atoms. The SMILES string of the molecule is c1ccc(N(c2ccccc2)c2ccc(-c3nsc(-c4ccc5oc6ccccc6c5c4)n3)cc2)cc1. The predicted molar refractivity (Wildman–Crippen MR) is 153 cm³/mol. The van der Waals surface area contributed by atoms with Crippen molar-refractivity contribution in [3.8, 4) is 22.0 Å². The first kappa shape index (κ1) is 21.5. The van der Waals surface area contributed by atoms with Crippen LogP contribution in [0.4, 0.5) is 17.1 Å². The van der Waals surface area contributed by atoms with Gasteiger partial charge in [-0.1, -0.05) is 54.6 Å². The lowest BCUT2D eigenvalue weighted by Gasteiger charge is -2.25. The minimum absolute atomic E-state index is 0.731. The van der Waals surface area contributed by atoms with Crippen LogP contribution in [0.1, 0.15) is 0 Å². The second kappa shape index (κ2) is 9.04. The van der Waals surface area contributed by atoms with E-state index in [1.807, 2.05) is 36.4 Å². The minimum atomic E-state index is 0.731. The van der Waals surface area contributed by atoms with E-state index in [9.17, 15) is 0 Å².